The van der Waals surface area contributed by atoms with Gasteiger partial charge in [-0.15, -0.1) is 0 Å². The Hall–Kier alpha value is -2.00. The molecule has 2 aliphatic carbocycles. The van der Waals surface area contributed by atoms with E-state index in [-0.39, 0.29) is 0 Å². The van der Waals surface area contributed by atoms with E-state index in [1.54, 1.807) is 0 Å². The second-order valence-corrected chi connectivity index (χ2v) is 7.07. The minimum Gasteiger partial charge on any atom is -0.508 e. The van der Waals surface area contributed by atoms with Crippen LogP contribution in [0.5, 0.6) is 11.5 Å². The van der Waals surface area contributed by atoms with Crippen molar-refractivity contribution < 1.29 is 9.84 Å². The average Bonchev–Trinajstić information content (AvgIpc) is 3.37. The molecule has 118 valence electrons. The number of nitrogens with one attached hydrogen (secondary N) is 1. The third kappa shape index (κ3) is 2.22. The molecule has 3 nitrogen and oxygen atoms in total. The van der Waals surface area contributed by atoms with E-state index in [1.807, 2.05) is 12.1 Å². The molecule has 23 heavy (non-hydrogen) atoms. The topological polar surface area (TPSA) is 41.5 Å². The summed E-state index contributed by atoms with van der Waals surface area (Å²) in [6.45, 7) is 1.80. The van der Waals surface area contributed by atoms with Gasteiger partial charge in [0.15, 0.2) is 0 Å². The third-order valence-electron chi connectivity index (χ3n) is 5.36. The Morgan fingerprint density at radius 2 is 2.09 bits per heavy atom. The van der Waals surface area contributed by atoms with Gasteiger partial charge in [0.05, 0.1) is 6.61 Å². The maximum Gasteiger partial charge on any atom is 0.127 e. The number of benzene rings is 2. The summed E-state index contributed by atoms with van der Waals surface area (Å²) in [6, 6.07) is 10.6. The summed E-state index contributed by atoms with van der Waals surface area (Å²) in [5.41, 5.74) is 6.32. The van der Waals surface area contributed by atoms with Crippen molar-refractivity contribution in [3.05, 3.63) is 47.0 Å². The molecule has 0 radical (unpaired) electrons. The average molecular weight is 307 g/mol. The SMILES string of the molecule is Oc1cc2c3c(c1)-c1c(cccc1OCC1CC1)CC3NCC2. The molecule has 0 aromatic heterocycles. The summed E-state index contributed by atoms with van der Waals surface area (Å²) in [7, 11) is 0. The van der Waals surface area contributed by atoms with Crippen molar-refractivity contribution in [3.63, 3.8) is 0 Å². The number of fused-ring (bicyclic) bond motifs is 2. The largest absolute Gasteiger partial charge is 0.508 e. The standard InChI is InChI=1S/C20H21NO2/c22-15-8-14-6-7-21-17-9-13-2-1-3-18(23-11-12-4-5-12)20(13)16(10-15)19(14)17/h1-3,8,10,12,17,21-22H,4-7,9,11H2. The fourth-order valence-electron chi connectivity index (χ4n) is 4.06. The van der Waals surface area contributed by atoms with Gasteiger partial charge in [0.25, 0.3) is 0 Å². The highest BCUT2D eigenvalue weighted by atomic mass is 16.5. The van der Waals surface area contributed by atoms with E-state index < -0.39 is 0 Å². The first-order chi connectivity index (χ1) is 11.3. The molecule has 1 aliphatic heterocycles. The van der Waals surface area contributed by atoms with E-state index in [2.05, 4.69) is 23.5 Å². The first-order valence-electron chi connectivity index (χ1n) is 8.64. The van der Waals surface area contributed by atoms with Gasteiger partial charge in [-0.1, -0.05) is 12.1 Å². The maximum absolute atomic E-state index is 10.2. The Kier molecular flexibility index (Phi) is 2.92. The molecular formula is C20H21NO2. The van der Waals surface area contributed by atoms with Gasteiger partial charge in [0.2, 0.25) is 0 Å². The second kappa shape index (κ2) is 5.00. The van der Waals surface area contributed by atoms with Crippen molar-refractivity contribution in [3.8, 4) is 22.6 Å². The van der Waals surface area contributed by atoms with Gasteiger partial charge in [-0.2, -0.15) is 0 Å². The van der Waals surface area contributed by atoms with Crippen LogP contribution in [0.3, 0.4) is 0 Å². The smallest absolute Gasteiger partial charge is 0.127 e. The van der Waals surface area contributed by atoms with Crippen LogP contribution in [0.1, 0.15) is 35.6 Å². The molecule has 1 unspecified atom stereocenters. The van der Waals surface area contributed by atoms with Gasteiger partial charge in [-0.05, 0) is 78.6 Å². The minimum absolute atomic E-state index is 0.362. The van der Waals surface area contributed by atoms with Gasteiger partial charge in [0.1, 0.15) is 11.5 Å². The molecule has 0 spiro atoms. The highest BCUT2D eigenvalue weighted by molar-refractivity contribution is 5.81. The van der Waals surface area contributed by atoms with Gasteiger partial charge in [-0.3, -0.25) is 0 Å². The van der Waals surface area contributed by atoms with E-state index in [4.69, 9.17) is 4.74 Å². The number of phenols is 1. The highest BCUT2D eigenvalue weighted by Gasteiger charge is 2.32. The number of hydrogen-bond acceptors (Lipinski definition) is 3. The molecule has 3 aliphatic rings. The zero-order valence-electron chi connectivity index (χ0n) is 13.1. The maximum atomic E-state index is 10.2. The molecule has 2 aromatic rings. The fraction of sp³-hybridized carbons (Fsp3) is 0.400. The van der Waals surface area contributed by atoms with E-state index in [1.165, 1.54) is 35.1 Å². The zero-order chi connectivity index (χ0) is 15.4. The molecule has 1 saturated carbocycles. The van der Waals surface area contributed by atoms with E-state index in [9.17, 15) is 5.11 Å². The first-order valence-corrected chi connectivity index (χ1v) is 8.64. The van der Waals surface area contributed by atoms with Crippen LogP contribution in [0.15, 0.2) is 30.3 Å². The van der Waals surface area contributed by atoms with Gasteiger partial charge in [-0.25, -0.2) is 0 Å². The Labute approximate surface area is 136 Å². The third-order valence-corrected chi connectivity index (χ3v) is 5.36. The Balaban J connectivity index is 1.67. The summed E-state index contributed by atoms with van der Waals surface area (Å²) < 4.78 is 6.15. The van der Waals surface area contributed by atoms with Crippen LogP contribution in [0, 0.1) is 5.92 Å². The van der Waals surface area contributed by atoms with Gasteiger partial charge < -0.3 is 15.2 Å². The Morgan fingerprint density at radius 3 is 2.96 bits per heavy atom. The van der Waals surface area contributed by atoms with Crippen molar-refractivity contribution >= 4 is 0 Å². The molecule has 0 saturated heterocycles. The number of hydrogen-bond donors (Lipinski definition) is 2. The summed E-state index contributed by atoms with van der Waals surface area (Å²) >= 11 is 0. The summed E-state index contributed by atoms with van der Waals surface area (Å²) in [5, 5.41) is 13.8. The van der Waals surface area contributed by atoms with Crippen molar-refractivity contribution in [2.45, 2.75) is 31.7 Å². The lowest BCUT2D eigenvalue weighted by Crippen LogP contribution is -2.33. The van der Waals surface area contributed by atoms with Crippen LogP contribution in [-0.2, 0) is 12.8 Å². The molecule has 5 rings (SSSR count). The normalized spacial score (nSPS) is 21.5. The van der Waals surface area contributed by atoms with Crippen LogP contribution in [0.2, 0.25) is 0 Å². The van der Waals surface area contributed by atoms with Crippen LogP contribution in [0.4, 0.5) is 0 Å². The first kappa shape index (κ1) is 13.4. The van der Waals surface area contributed by atoms with Crippen LogP contribution < -0.4 is 10.1 Å². The number of ether oxygens (including phenoxy) is 1. The fourth-order valence-corrected chi connectivity index (χ4v) is 4.06. The molecule has 3 heteroatoms. The quantitative estimate of drug-likeness (QED) is 0.910. The van der Waals surface area contributed by atoms with Crippen molar-refractivity contribution in [2.75, 3.05) is 13.2 Å². The molecule has 2 N–H and O–H groups in total. The monoisotopic (exact) mass is 307 g/mol. The molecular weight excluding hydrogens is 286 g/mol. The van der Waals surface area contributed by atoms with Crippen LogP contribution >= 0.6 is 0 Å². The van der Waals surface area contributed by atoms with Crippen molar-refractivity contribution in [1.29, 1.82) is 0 Å². The second-order valence-electron chi connectivity index (χ2n) is 7.07. The minimum atomic E-state index is 0.362. The van der Waals surface area contributed by atoms with Gasteiger partial charge >= 0.3 is 0 Å². The van der Waals surface area contributed by atoms with E-state index in [0.717, 1.165) is 43.2 Å². The predicted octanol–water partition coefficient (Wildman–Crippen LogP) is 3.59. The van der Waals surface area contributed by atoms with Crippen LogP contribution in [-0.4, -0.2) is 18.3 Å². The Morgan fingerprint density at radius 1 is 1.17 bits per heavy atom. The van der Waals surface area contributed by atoms with E-state index in [0.29, 0.717) is 11.8 Å². The number of rotatable bonds is 3. The number of aromatic hydroxyl groups is 1. The predicted molar refractivity (Wildman–Crippen MR) is 89.9 cm³/mol. The summed E-state index contributed by atoms with van der Waals surface area (Å²) in [4.78, 5) is 0. The molecule has 1 fully saturated rings. The lowest BCUT2D eigenvalue weighted by molar-refractivity contribution is 0.300. The summed E-state index contributed by atoms with van der Waals surface area (Å²) in [6.07, 6.45) is 4.57. The molecule has 0 amide bonds. The lowest BCUT2D eigenvalue weighted by Gasteiger charge is -2.35. The van der Waals surface area contributed by atoms with Crippen molar-refractivity contribution in [2.24, 2.45) is 5.92 Å². The van der Waals surface area contributed by atoms with Gasteiger partial charge in [0, 0.05) is 11.6 Å². The Bertz CT molecular complexity index is 779. The molecule has 1 atom stereocenters. The molecule has 0 bridgehead atoms. The lowest BCUT2D eigenvalue weighted by atomic mass is 9.77. The van der Waals surface area contributed by atoms with E-state index >= 15 is 0 Å². The summed E-state index contributed by atoms with van der Waals surface area (Å²) in [5.74, 6) is 2.08. The van der Waals surface area contributed by atoms with Crippen molar-refractivity contribution in [1.82, 2.24) is 5.32 Å². The highest BCUT2D eigenvalue weighted by Crippen LogP contribution is 2.47. The molecule has 2 aromatic carbocycles. The van der Waals surface area contributed by atoms with Crippen LogP contribution in [0.25, 0.3) is 11.1 Å². The zero-order valence-corrected chi connectivity index (χ0v) is 13.1. The number of phenolic OH excluding ortho intramolecular Hbond substituents is 1. The molecule has 1 heterocycles.